The molecule has 0 saturated carbocycles. The first-order valence-corrected chi connectivity index (χ1v) is 7.39. The largest absolute Gasteiger partial charge is 0.248 e. The summed E-state index contributed by atoms with van der Waals surface area (Å²) in [5.41, 5.74) is 0. The molecule has 10 heteroatoms. The van der Waals surface area contributed by atoms with Crippen molar-refractivity contribution in [2.75, 3.05) is 6.54 Å². The van der Waals surface area contributed by atoms with E-state index < -0.39 is 18.2 Å². The van der Waals surface area contributed by atoms with Gasteiger partial charge in [-0.15, -0.1) is 24.0 Å². The van der Waals surface area contributed by atoms with Crippen molar-refractivity contribution in [1.82, 2.24) is 0 Å². The normalized spacial score (nSPS) is 20.6. The molecule has 0 amide bonds. The van der Waals surface area contributed by atoms with E-state index in [1.54, 1.807) is 6.92 Å². The number of hydroxylamine groups is 3. The average molecular weight is 407 g/mol. The van der Waals surface area contributed by atoms with E-state index in [0.29, 0.717) is 6.42 Å². The van der Waals surface area contributed by atoms with Crippen molar-refractivity contribution in [2.45, 2.75) is 40.2 Å². The van der Waals surface area contributed by atoms with Crippen LogP contribution >= 0.6 is 70.4 Å². The van der Waals surface area contributed by atoms with Gasteiger partial charge in [-0.2, -0.15) is 0 Å². The Morgan fingerprint density at radius 3 is 1.85 bits per heavy atom. The summed E-state index contributed by atoms with van der Waals surface area (Å²) >= 11 is 30.4. The molecule has 1 rings (SSSR count). The van der Waals surface area contributed by atoms with E-state index >= 15 is 0 Å². The second-order valence-corrected chi connectivity index (χ2v) is 9.11. The van der Waals surface area contributed by atoms with Crippen molar-refractivity contribution >= 4 is 83.1 Å². The molecule has 0 aromatic carbocycles. The second-order valence-electron chi connectivity index (χ2n) is 5.01. The molecule has 0 aliphatic carbocycles. The number of nitrogens with zero attached hydrogens (tertiary/aromatic N) is 3. The third-order valence-electron chi connectivity index (χ3n) is 2.76. The summed E-state index contributed by atoms with van der Waals surface area (Å²) < 4.78 is -3.19. The van der Waals surface area contributed by atoms with Crippen LogP contribution in [0.3, 0.4) is 0 Å². The average Bonchev–Trinajstić information content (AvgIpc) is 2.59. The molecule has 0 saturated heterocycles. The van der Waals surface area contributed by atoms with Crippen LogP contribution in [0, 0.1) is 0 Å². The lowest BCUT2D eigenvalue weighted by Gasteiger charge is -2.33. The van der Waals surface area contributed by atoms with Crippen molar-refractivity contribution in [3.05, 3.63) is 0 Å². The fourth-order valence-electron chi connectivity index (χ4n) is 1.59. The van der Waals surface area contributed by atoms with Gasteiger partial charge in [0, 0.05) is 0 Å². The number of quaternary nitrogens is 1. The van der Waals surface area contributed by atoms with E-state index in [1.165, 1.54) is 19.6 Å². The number of hydrogen-bond acceptors (Lipinski definition) is 3. The van der Waals surface area contributed by atoms with Gasteiger partial charge in [-0.1, -0.05) is 61.3 Å². The molecule has 1 heterocycles. The van der Waals surface area contributed by atoms with Gasteiger partial charge in [-0.25, -0.2) is 5.21 Å². The summed E-state index contributed by atoms with van der Waals surface area (Å²) in [6.45, 7) is 3.45. The predicted octanol–water partition coefficient (Wildman–Crippen LogP) is 4.74. The lowest BCUT2D eigenvalue weighted by Crippen LogP contribution is -2.49. The van der Waals surface area contributed by atoms with E-state index in [2.05, 4.69) is 10.2 Å². The summed E-state index contributed by atoms with van der Waals surface area (Å²) in [7, 11) is 0. The van der Waals surface area contributed by atoms with E-state index in [1.807, 2.05) is 0 Å². The second kappa shape index (κ2) is 7.05. The van der Waals surface area contributed by atoms with Gasteiger partial charge < -0.3 is 0 Å². The molecule has 0 bridgehead atoms. The number of hydrogen-bond donors (Lipinski definition) is 1. The molecule has 20 heavy (non-hydrogen) atoms. The molecule has 0 spiro atoms. The van der Waals surface area contributed by atoms with Crippen molar-refractivity contribution in [3.8, 4) is 0 Å². The molecule has 1 aliphatic heterocycles. The summed E-state index contributed by atoms with van der Waals surface area (Å²) in [6.07, 6.45) is 3.23. The molecule has 1 unspecified atom stereocenters. The number of halogens is 6. The molecular weight excluding hydrogens is 391 g/mol. The van der Waals surface area contributed by atoms with Crippen LogP contribution in [0.15, 0.2) is 10.2 Å². The van der Waals surface area contributed by atoms with Crippen molar-refractivity contribution < 1.29 is 9.85 Å². The van der Waals surface area contributed by atoms with Crippen LogP contribution in [0.1, 0.15) is 26.7 Å². The fraction of sp³-hybridized carbons (Fsp3) is 0.800. The monoisotopic (exact) mass is 404 g/mol. The Balaban J connectivity index is 0.00000361. The minimum Gasteiger partial charge on any atom is -0.204 e. The smallest absolute Gasteiger partial charge is 0.204 e. The number of rotatable bonds is 6. The Labute approximate surface area is 149 Å². The fourth-order valence-corrected chi connectivity index (χ4v) is 2.26. The molecule has 4 nitrogen and oxygen atoms in total. The van der Waals surface area contributed by atoms with E-state index in [9.17, 15) is 5.21 Å². The topological polar surface area (TPSA) is 45.0 Å². The lowest BCUT2D eigenvalue weighted by molar-refractivity contribution is -0.945. The van der Waals surface area contributed by atoms with Gasteiger partial charge >= 0.3 is 0 Å². The standard InChI is InChI=1S/C10H15Cl5N3O.ClH/c1-8(11,5-18(19)6-16-17-7-18)3-4-10(14,15)9(2,12)13;/h6-7,19H,3-5H2,1-2H3;1H/q+1;. The molecule has 0 aromatic heterocycles. The van der Waals surface area contributed by atoms with Crippen LogP contribution in [0.2, 0.25) is 0 Å². The van der Waals surface area contributed by atoms with Crippen LogP contribution in [0.4, 0.5) is 0 Å². The van der Waals surface area contributed by atoms with E-state index in [4.69, 9.17) is 58.0 Å². The van der Waals surface area contributed by atoms with Crippen LogP contribution in [0.5, 0.6) is 0 Å². The van der Waals surface area contributed by atoms with Crippen LogP contribution in [-0.2, 0) is 0 Å². The molecule has 1 atom stereocenters. The van der Waals surface area contributed by atoms with Gasteiger partial charge in [0.25, 0.3) is 0 Å². The lowest BCUT2D eigenvalue weighted by atomic mass is 10.0. The Kier molecular flexibility index (Phi) is 7.40. The first-order chi connectivity index (χ1) is 8.37. The highest BCUT2D eigenvalue weighted by molar-refractivity contribution is 6.62. The third kappa shape index (κ3) is 6.01. The minimum atomic E-state index is -1.33. The first kappa shape index (κ1) is 21.0. The van der Waals surface area contributed by atoms with Gasteiger partial charge in [-0.05, 0) is 26.7 Å². The Morgan fingerprint density at radius 2 is 1.45 bits per heavy atom. The minimum absolute atomic E-state index is 0. The third-order valence-corrected chi connectivity index (χ3v) is 5.23. The van der Waals surface area contributed by atoms with Crippen LogP contribution in [-0.4, -0.2) is 42.6 Å². The summed E-state index contributed by atoms with van der Waals surface area (Å²) in [6, 6.07) is 0. The van der Waals surface area contributed by atoms with Crippen molar-refractivity contribution in [1.29, 1.82) is 0 Å². The molecule has 0 fully saturated rings. The quantitative estimate of drug-likeness (QED) is 0.502. The van der Waals surface area contributed by atoms with E-state index in [0.717, 1.165) is 0 Å². The maximum atomic E-state index is 10.1. The highest BCUT2D eigenvalue weighted by atomic mass is 35.5. The Morgan fingerprint density at radius 1 is 1.00 bits per heavy atom. The highest BCUT2D eigenvalue weighted by Crippen LogP contribution is 2.46. The zero-order valence-corrected chi connectivity index (χ0v) is 15.5. The number of alkyl halides is 5. The van der Waals surface area contributed by atoms with Gasteiger partial charge in [0.05, 0.1) is 4.87 Å². The molecule has 1 N–H and O–H groups in total. The van der Waals surface area contributed by atoms with Crippen LogP contribution < -0.4 is 0 Å². The van der Waals surface area contributed by atoms with Gasteiger partial charge in [0.1, 0.15) is 10.9 Å². The van der Waals surface area contributed by atoms with Gasteiger partial charge in [0.2, 0.25) is 12.7 Å². The SMILES string of the molecule is CC(Cl)(CCC(Cl)(Cl)C(C)(Cl)Cl)C[N+]1(O)C=NN=C1.Cl. The zero-order valence-electron chi connectivity index (χ0n) is 10.9. The highest BCUT2D eigenvalue weighted by Gasteiger charge is 2.45. The summed E-state index contributed by atoms with van der Waals surface area (Å²) in [4.78, 5) is -0.773. The summed E-state index contributed by atoms with van der Waals surface area (Å²) in [5, 5.41) is 17.2. The predicted molar refractivity (Wildman–Crippen MR) is 89.2 cm³/mol. The maximum Gasteiger partial charge on any atom is 0.248 e. The molecule has 0 radical (unpaired) electrons. The first-order valence-electron chi connectivity index (χ1n) is 5.50. The van der Waals surface area contributed by atoms with Gasteiger partial charge in [-0.3, -0.25) is 0 Å². The van der Waals surface area contributed by atoms with Crippen molar-refractivity contribution in [2.24, 2.45) is 10.2 Å². The molecule has 1 aliphatic rings. The molecule has 0 aromatic rings. The maximum absolute atomic E-state index is 10.1. The van der Waals surface area contributed by atoms with Crippen molar-refractivity contribution in [3.63, 3.8) is 0 Å². The Hall–Kier alpha value is 1.000. The van der Waals surface area contributed by atoms with Crippen LogP contribution in [0.25, 0.3) is 0 Å². The summed E-state index contributed by atoms with van der Waals surface area (Å²) in [5.74, 6) is 0. The Bertz CT molecular complexity index is 379. The van der Waals surface area contributed by atoms with E-state index in [-0.39, 0.29) is 25.4 Å². The zero-order chi connectivity index (χ0) is 14.9. The molecular formula is C10H16Cl6N3O+. The van der Waals surface area contributed by atoms with Gasteiger partial charge in [0.15, 0.2) is 4.33 Å². The molecule has 118 valence electrons.